The van der Waals surface area contributed by atoms with Crippen LogP contribution in [0.1, 0.15) is 33.6 Å². The molecule has 0 aliphatic heterocycles. The van der Waals surface area contributed by atoms with Gasteiger partial charge in [0.1, 0.15) is 11.0 Å². The van der Waals surface area contributed by atoms with E-state index in [9.17, 15) is 4.79 Å². The second-order valence-corrected chi connectivity index (χ2v) is 6.90. The lowest BCUT2D eigenvalue weighted by Gasteiger charge is -2.17. The maximum Gasteiger partial charge on any atom is 0.230 e. The fourth-order valence-electron chi connectivity index (χ4n) is 1.78. The molecular weight excluding hydrogens is 320 g/mol. The smallest absolute Gasteiger partial charge is 0.230 e. The van der Waals surface area contributed by atoms with Gasteiger partial charge in [0.05, 0.1) is 5.75 Å². The monoisotopic (exact) mass is 344 g/mol. The van der Waals surface area contributed by atoms with E-state index in [0.717, 1.165) is 25.2 Å². The summed E-state index contributed by atoms with van der Waals surface area (Å²) in [6, 6.07) is 1.74. The van der Waals surface area contributed by atoms with Gasteiger partial charge >= 0.3 is 0 Å². The Balaban J connectivity index is 2.53. The van der Waals surface area contributed by atoms with Crippen molar-refractivity contribution in [3.8, 4) is 0 Å². The predicted octanol–water partition coefficient (Wildman–Crippen LogP) is 3.23. The first kappa shape index (κ1) is 19.0. The average Bonchev–Trinajstić information content (AvgIpc) is 2.44. The number of carbonyl (C=O) groups is 1. The van der Waals surface area contributed by atoms with Gasteiger partial charge in [-0.2, -0.15) is 0 Å². The van der Waals surface area contributed by atoms with Crippen LogP contribution in [0.25, 0.3) is 0 Å². The molecule has 1 amide bonds. The Morgan fingerprint density at radius 1 is 1.45 bits per heavy atom. The minimum atomic E-state index is -0.00214. The van der Waals surface area contributed by atoms with Crippen molar-refractivity contribution in [3.05, 3.63) is 11.2 Å². The molecule has 0 atom stereocenters. The zero-order valence-corrected chi connectivity index (χ0v) is 15.3. The molecule has 22 heavy (non-hydrogen) atoms. The quantitative estimate of drug-likeness (QED) is 0.423. The molecule has 7 heteroatoms. The fourth-order valence-corrected chi connectivity index (χ4v) is 2.69. The number of thioether (sulfide) groups is 1. The number of nitrogens with zero attached hydrogens (tertiary/aromatic N) is 3. The average molecular weight is 345 g/mol. The number of carbonyl (C=O) groups excluding carboxylic acids is 1. The molecule has 5 nitrogen and oxygen atoms in total. The van der Waals surface area contributed by atoms with Crippen LogP contribution in [0.5, 0.6) is 0 Å². The predicted molar refractivity (Wildman–Crippen MR) is 93.8 cm³/mol. The molecule has 1 aromatic rings. The van der Waals surface area contributed by atoms with Crippen LogP contribution in [0.15, 0.2) is 11.2 Å². The third kappa shape index (κ3) is 7.31. The van der Waals surface area contributed by atoms with Crippen molar-refractivity contribution in [2.24, 2.45) is 5.92 Å². The maximum atomic E-state index is 11.8. The number of amides is 1. The van der Waals surface area contributed by atoms with E-state index in [-0.39, 0.29) is 5.91 Å². The van der Waals surface area contributed by atoms with Crippen molar-refractivity contribution in [3.63, 3.8) is 0 Å². The molecule has 1 heterocycles. The van der Waals surface area contributed by atoms with Gasteiger partial charge in [0, 0.05) is 26.2 Å². The molecule has 0 unspecified atom stereocenters. The first-order chi connectivity index (χ1) is 10.4. The molecule has 0 saturated carbocycles. The zero-order valence-electron chi connectivity index (χ0n) is 13.7. The Kier molecular flexibility index (Phi) is 8.56. The summed E-state index contributed by atoms with van der Waals surface area (Å²) in [5.74, 6) is 1.66. The Morgan fingerprint density at radius 2 is 2.18 bits per heavy atom. The Hall–Kier alpha value is -1.01. The molecule has 0 aliphatic rings. The van der Waals surface area contributed by atoms with Crippen molar-refractivity contribution >= 4 is 35.1 Å². The summed E-state index contributed by atoms with van der Waals surface area (Å²) in [4.78, 5) is 22.4. The molecule has 0 fully saturated rings. The van der Waals surface area contributed by atoms with Gasteiger partial charge in [-0.25, -0.2) is 9.97 Å². The van der Waals surface area contributed by atoms with Gasteiger partial charge in [-0.3, -0.25) is 4.79 Å². The van der Waals surface area contributed by atoms with Crippen molar-refractivity contribution in [2.75, 3.05) is 30.8 Å². The van der Waals surface area contributed by atoms with Gasteiger partial charge in [0.2, 0.25) is 5.91 Å². The second kappa shape index (κ2) is 9.90. The first-order valence-electron chi connectivity index (χ1n) is 7.57. The van der Waals surface area contributed by atoms with E-state index >= 15 is 0 Å². The summed E-state index contributed by atoms with van der Waals surface area (Å²) >= 11 is 7.34. The molecule has 0 spiro atoms. The van der Waals surface area contributed by atoms with E-state index in [1.807, 2.05) is 11.9 Å². The highest BCUT2D eigenvalue weighted by atomic mass is 35.5. The van der Waals surface area contributed by atoms with Crippen molar-refractivity contribution in [2.45, 2.75) is 38.8 Å². The molecule has 0 saturated heterocycles. The SMILES string of the molecule is CCCN(C)c1cc(Cl)nc(SCC(=O)NCCC(C)C)n1. The van der Waals surface area contributed by atoms with E-state index in [0.29, 0.717) is 28.5 Å². The lowest BCUT2D eigenvalue weighted by molar-refractivity contribution is -0.118. The number of rotatable bonds is 9. The van der Waals surface area contributed by atoms with Gasteiger partial charge in [-0.15, -0.1) is 0 Å². The van der Waals surface area contributed by atoms with Crippen LogP contribution in [0.3, 0.4) is 0 Å². The zero-order chi connectivity index (χ0) is 16.5. The lowest BCUT2D eigenvalue weighted by Crippen LogP contribution is -2.27. The van der Waals surface area contributed by atoms with Crippen molar-refractivity contribution in [1.29, 1.82) is 0 Å². The van der Waals surface area contributed by atoms with Crippen LogP contribution in [-0.2, 0) is 4.79 Å². The van der Waals surface area contributed by atoms with Gasteiger partial charge in [-0.05, 0) is 18.8 Å². The van der Waals surface area contributed by atoms with Crippen LogP contribution >= 0.6 is 23.4 Å². The van der Waals surface area contributed by atoms with Crippen LogP contribution in [0.4, 0.5) is 5.82 Å². The number of aromatic nitrogens is 2. The molecule has 0 aliphatic carbocycles. The third-order valence-electron chi connectivity index (χ3n) is 2.99. The first-order valence-corrected chi connectivity index (χ1v) is 8.94. The van der Waals surface area contributed by atoms with Gasteiger partial charge < -0.3 is 10.2 Å². The van der Waals surface area contributed by atoms with Gasteiger partial charge in [0.25, 0.3) is 0 Å². The van der Waals surface area contributed by atoms with E-state index in [1.165, 1.54) is 11.8 Å². The molecular formula is C15H25ClN4OS. The lowest BCUT2D eigenvalue weighted by atomic mass is 10.1. The van der Waals surface area contributed by atoms with Crippen LogP contribution in [0, 0.1) is 5.92 Å². The molecule has 0 aromatic carbocycles. The highest BCUT2D eigenvalue weighted by molar-refractivity contribution is 7.99. The Morgan fingerprint density at radius 3 is 2.82 bits per heavy atom. The summed E-state index contributed by atoms with van der Waals surface area (Å²) in [5, 5.41) is 3.83. The fraction of sp³-hybridized carbons (Fsp3) is 0.667. The number of hydrogen-bond acceptors (Lipinski definition) is 5. The number of anilines is 1. The van der Waals surface area contributed by atoms with Crippen LogP contribution in [-0.4, -0.2) is 41.8 Å². The van der Waals surface area contributed by atoms with E-state index in [1.54, 1.807) is 6.07 Å². The Bertz CT molecular complexity index is 485. The van der Waals surface area contributed by atoms with Gasteiger partial charge in [0.15, 0.2) is 5.16 Å². The molecule has 1 N–H and O–H groups in total. The highest BCUT2D eigenvalue weighted by Gasteiger charge is 2.10. The molecule has 1 rings (SSSR count). The molecule has 1 aromatic heterocycles. The second-order valence-electron chi connectivity index (χ2n) is 5.57. The summed E-state index contributed by atoms with van der Waals surface area (Å²) in [6.45, 7) is 7.98. The minimum absolute atomic E-state index is 0.00214. The summed E-state index contributed by atoms with van der Waals surface area (Å²) < 4.78 is 0. The number of hydrogen-bond donors (Lipinski definition) is 1. The largest absolute Gasteiger partial charge is 0.360 e. The molecule has 0 bridgehead atoms. The summed E-state index contributed by atoms with van der Waals surface area (Å²) in [5.41, 5.74) is 0. The number of nitrogens with one attached hydrogen (secondary N) is 1. The topological polar surface area (TPSA) is 58.1 Å². The standard InChI is InChI=1S/C15H25ClN4OS/c1-5-8-20(4)13-9-12(16)18-15(19-13)22-10-14(21)17-7-6-11(2)3/h9,11H,5-8,10H2,1-4H3,(H,17,21). The Labute approximate surface area is 142 Å². The summed E-state index contributed by atoms with van der Waals surface area (Å²) in [7, 11) is 1.97. The summed E-state index contributed by atoms with van der Waals surface area (Å²) in [6.07, 6.45) is 2.01. The third-order valence-corrected chi connectivity index (χ3v) is 4.03. The van der Waals surface area contributed by atoms with E-state index in [4.69, 9.17) is 11.6 Å². The van der Waals surface area contributed by atoms with Crippen LogP contribution in [0.2, 0.25) is 5.15 Å². The van der Waals surface area contributed by atoms with Crippen LogP contribution < -0.4 is 10.2 Å². The van der Waals surface area contributed by atoms with E-state index < -0.39 is 0 Å². The van der Waals surface area contributed by atoms with Crippen molar-refractivity contribution in [1.82, 2.24) is 15.3 Å². The number of halogens is 1. The molecule has 0 radical (unpaired) electrons. The maximum absolute atomic E-state index is 11.8. The normalized spacial score (nSPS) is 10.8. The van der Waals surface area contributed by atoms with Gasteiger partial charge in [-0.1, -0.05) is 44.1 Å². The highest BCUT2D eigenvalue weighted by Crippen LogP contribution is 2.21. The minimum Gasteiger partial charge on any atom is -0.360 e. The van der Waals surface area contributed by atoms with Crippen molar-refractivity contribution < 1.29 is 4.79 Å². The molecule has 124 valence electrons. The van der Waals surface area contributed by atoms with E-state index in [2.05, 4.69) is 36.1 Å².